The van der Waals surface area contributed by atoms with Crippen LogP contribution in [0.1, 0.15) is 35.2 Å². The molecule has 1 saturated carbocycles. The summed E-state index contributed by atoms with van der Waals surface area (Å²) in [6.45, 7) is 2.39. The molecule has 4 N–H and O–H groups in total. The summed E-state index contributed by atoms with van der Waals surface area (Å²) >= 11 is 0. The van der Waals surface area contributed by atoms with E-state index < -0.39 is 10.0 Å². The summed E-state index contributed by atoms with van der Waals surface area (Å²) < 4.78 is 26.3. The van der Waals surface area contributed by atoms with Crippen molar-refractivity contribution in [1.29, 1.82) is 0 Å². The summed E-state index contributed by atoms with van der Waals surface area (Å²) in [5, 5.41) is 2.63. The number of amides is 1. The van der Waals surface area contributed by atoms with E-state index in [2.05, 4.69) is 10.0 Å². The monoisotopic (exact) mass is 325 g/mol. The van der Waals surface area contributed by atoms with Crippen LogP contribution < -0.4 is 15.8 Å². The molecule has 0 aliphatic heterocycles. The van der Waals surface area contributed by atoms with Gasteiger partial charge in [-0.15, -0.1) is 0 Å². The molecule has 0 heterocycles. The van der Waals surface area contributed by atoms with Crippen LogP contribution >= 0.6 is 0 Å². The van der Waals surface area contributed by atoms with E-state index in [0.29, 0.717) is 23.7 Å². The molecule has 1 aliphatic rings. The molecule has 0 saturated heterocycles. The molecule has 0 aromatic heterocycles. The van der Waals surface area contributed by atoms with Gasteiger partial charge in [0, 0.05) is 24.3 Å². The number of nitrogen functional groups attached to an aromatic ring is 1. The minimum atomic E-state index is -3.34. The molecule has 0 atom stereocenters. The summed E-state index contributed by atoms with van der Waals surface area (Å²) in [5.41, 5.74) is 7.44. The molecule has 1 aliphatic carbocycles. The number of benzene rings is 1. The molecule has 1 aromatic rings. The van der Waals surface area contributed by atoms with Crippen molar-refractivity contribution in [3.8, 4) is 0 Å². The molecule has 0 unspecified atom stereocenters. The van der Waals surface area contributed by atoms with E-state index in [1.165, 1.54) is 6.42 Å². The summed E-state index contributed by atoms with van der Waals surface area (Å²) in [5.74, 6) is 0.0469. The first-order chi connectivity index (χ1) is 10.4. The lowest BCUT2D eigenvalue weighted by Crippen LogP contribution is -2.37. The first-order valence-corrected chi connectivity index (χ1v) is 9.14. The molecular weight excluding hydrogens is 302 g/mol. The van der Waals surface area contributed by atoms with Crippen LogP contribution in [0.2, 0.25) is 0 Å². The average molecular weight is 325 g/mol. The molecule has 0 bridgehead atoms. The summed E-state index contributed by atoms with van der Waals surface area (Å²) in [4.78, 5) is 12.0. The van der Waals surface area contributed by atoms with Crippen LogP contribution in [0.15, 0.2) is 18.2 Å². The van der Waals surface area contributed by atoms with Gasteiger partial charge in [0.05, 0.1) is 5.75 Å². The van der Waals surface area contributed by atoms with E-state index in [1.54, 1.807) is 18.2 Å². The quantitative estimate of drug-likeness (QED) is 0.652. The molecule has 22 heavy (non-hydrogen) atoms. The van der Waals surface area contributed by atoms with Crippen molar-refractivity contribution < 1.29 is 13.2 Å². The van der Waals surface area contributed by atoms with Crippen LogP contribution in [0.25, 0.3) is 0 Å². The van der Waals surface area contributed by atoms with Crippen LogP contribution in [0.4, 0.5) is 5.69 Å². The van der Waals surface area contributed by atoms with E-state index in [0.717, 1.165) is 18.4 Å². The van der Waals surface area contributed by atoms with Gasteiger partial charge in [-0.25, -0.2) is 13.1 Å². The third-order valence-electron chi connectivity index (χ3n) is 3.98. The SMILES string of the molecule is Cc1ccc(N)cc1C(=O)NCCS(=O)(=O)NCC1CCC1. The van der Waals surface area contributed by atoms with Crippen molar-refractivity contribution in [3.63, 3.8) is 0 Å². The third-order valence-corrected chi connectivity index (χ3v) is 5.33. The van der Waals surface area contributed by atoms with Gasteiger partial charge in [-0.05, 0) is 43.4 Å². The van der Waals surface area contributed by atoms with E-state index >= 15 is 0 Å². The number of sulfonamides is 1. The Hall–Kier alpha value is -1.60. The topological polar surface area (TPSA) is 101 Å². The van der Waals surface area contributed by atoms with Gasteiger partial charge in [0.2, 0.25) is 10.0 Å². The van der Waals surface area contributed by atoms with Gasteiger partial charge < -0.3 is 11.1 Å². The summed E-state index contributed by atoms with van der Waals surface area (Å²) in [7, 11) is -3.34. The Bertz CT molecular complexity index is 639. The molecular formula is C15H23N3O3S. The highest BCUT2D eigenvalue weighted by Crippen LogP contribution is 2.25. The molecule has 2 rings (SSSR count). The molecule has 0 spiro atoms. The van der Waals surface area contributed by atoms with E-state index in [-0.39, 0.29) is 18.2 Å². The molecule has 122 valence electrons. The number of hydrogen-bond donors (Lipinski definition) is 3. The van der Waals surface area contributed by atoms with Gasteiger partial charge in [0.15, 0.2) is 0 Å². The summed E-state index contributed by atoms with van der Waals surface area (Å²) in [6, 6.07) is 5.08. The summed E-state index contributed by atoms with van der Waals surface area (Å²) in [6.07, 6.45) is 3.37. The van der Waals surface area contributed by atoms with Gasteiger partial charge in [0.25, 0.3) is 5.91 Å². The Balaban J connectivity index is 1.79. The van der Waals surface area contributed by atoms with Crippen molar-refractivity contribution in [2.75, 3.05) is 24.6 Å². The number of rotatable bonds is 7. The first-order valence-electron chi connectivity index (χ1n) is 7.49. The van der Waals surface area contributed by atoms with E-state index in [1.807, 2.05) is 6.92 Å². The predicted octanol–water partition coefficient (Wildman–Crippen LogP) is 1.03. The highest BCUT2D eigenvalue weighted by molar-refractivity contribution is 7.89. The number of anilines is 1. The van der Waals surface area contributed by atoms with Crippen molar-refractivity contribution in [2.45, 2.75) is 26.2 Å². The maximum absolute atomic E-state index is 12.0. The van der Waals surface area contributed by atoms with Crippen molar-refractivity contribution in [3.05, 3.63) is 29.3 Å². The lowest BCUT2D eigenvalue weighted by atomic mass is 9.86. The van der Waals surface area contributed by atoms with Crippen molar-refractivity contribution in [1.82, 2.24) is 10.0 Å². The Kier molecular flexibility index (Phi) is 5.42. The van der Waals surface area contributed by atoms with Gasteiger partial charge >= 0.3 is 0 Å². The minimum absolute atomic E-state index is 0.0765. The third kappa shape index (κ3) is 4.71. The van der Waals surface area contributed by atoms with Crippen LogP contribution in [-0.4, -0.2) is 33.2 Å². The second-order valence-electron chi connectivity index (χ2n) is 5.79. The van der Waals surface area contributed by atoms with E-state index in [9.17, 15) is 13.2 Å². The van der Waals surface area contributed by atoms with Crippen LogP contribution in [0.5, 0.6) is 0 Å². The van der Waals surface area contributed by atoms with Crippen molar-refractivity contribution in [2.24, 2.45) is 5.92 Å². The zero-order chi connectivity index (χ0) is 16.2. The molecule has 0 radical (unpaired) electrons. The van der Waals surface area contributed by atoms with E-state index in [4.69, 9.17) is 5.73 Å². The maximum atomic E-state index is 12.0. The lowest BCUT2D eigenvalue weighted by Gasteiger charge is -2.25. The number of nitrogens with two attached hydrogens (primary N) is 1. The number of nitrogens with one attached hydrogen (secondary N) is 2. The normalized spacial score (nSPS) is 15.3. The Morgan fingerprint density at radius 3 is 2.73 bits per heavy atom. The van der Waals surface area contributed by atoms with Gasteiger partial charge in [-0.3, -0.25) is 4.79 Å². The number of carbonyl (C=O) groups excluding carboxylic acids is 1. The number of carbonyl (C=O) groups is 1. The molecule has 7 heteroatoms. The second kappa shape index (κ2) is 7.11. The van der Waals surface area contributed by atoms with Crippen LogP contribution in [0.3, 0.4) is 0 Å². The average Bonchev–Trinajstić information content (AvgIpc) is 2.39. The van der Waals surface area contributed by atoms with Crippen LogP contribution in [0, 0.1) is 12.8 Å². The zero-order valence-corrected chi connectivity index (χ0v) is 13.6. The highest BCUT2D eigenvalue weighted by Gasteiger charge is 2.20. The lowest BCUT2D eigenvalue weighted by molar-refractivity contribution is 0.0955. The van der Waals surface area contributed by atoms with Gasteiger partial charge in [-0.2, -0.15) is 0 Å². The predicted molar refractivity (Wildman–Crippen MR) is 87.1 cm³/mol. The van der Waals surface area contributed by atoms with Gasteiger partial charge in [0.1, 0.15) is 0 Å². The first kappa shape index (κ1) is 16.8. The Morgan fingerprint density at radius 1 is 1.36 bits per heavy atom. The van der Waals surface area contributed by atoms with Crippen LogP contribution in [-0.2, 0) is 10.0 Å². The van der Waals surface area contributed by atoms with Crippen molar-refractivity contribution >= 4 is 21.6 Å². The van der Waals surface area contributed by atoms with Gasteiger partial charge in [-0.1, -0.05) is 12.5 Å². The highest BCUT2D eigenvalue weighted by atomic mass is 32.2. The smallest absolute Gasteiger partial charge is 0.251 e. The fraction of sp³-hybridized carbons (Fsp3) is 0.533. The Labute approximate surface area is 131 Å². The largest absolute Gasteiger partial charge is 0.399 e. The maximum Gasteiger partial charge on any atom is 0.251 e. The standard InChI is InChI=1S/C15H23N3O3S/c1-11-5-6-13(16)9-14(11)15(19)17-7-8-22(20,21)18-10-12-3-2-4-12/h5-6,9,12,18H,2-4,7-8,10,16H2,1H3,(H,17,19). The number of aryl methyl sites for hydroxylation is 1. The number of hydrogen-bond acceptors (Lipinski definition) is 4. The fourth-order valence-corrected chi connectivity index (χ4v) is 3.30. The molecule has 1 amide bonds. The second-order valence-corrected chi connectivity index (χ2v) is 7.72. The molecule has 1 fully saturated rings. The molecule has 6 nitrogen and oxygen atoms in total. The zero-order valence-electron chi connectivity index (χ0n) is 12.8. The molecule has 1 aromatic carbocycles. The Morgan fingerprint density at radius 2 is 2.09 bits per heavy atom. The fourth-order valence-electron chi connectivity index (χ4n) is 2.29. The minimum Gasteiger partial charge on any atom is -0.399 e.